The van der Waals surface area contributed by atoms with Gasteiger partial charge in [0, 0.05) is 24.0 Å². The first-order valence-electron chi connectivity index (χ1n) is 7.78. The Morgan fingerprint density at radius 1 is 1.29 bits per heavy atom. The minimum atomic E-state index is -0.0735. The fourth-order valence-electron chi connectivity index (χ4n) is 2.73. The molecule has 0 saturated carbocycles. The van der Waals surface area contributed by atoms with E-state index in [-0.39, 0.29) is 5.91 Å². The number of hydrogen-bond acceptors (Lipinski definition) is 4. The summed E-state index contributed by atoms with van der Waals surface area (Å²) in [6.45, 7) is 7.03. The van der Waals surface area contributed by atoms with E-state index in [1.807, 2.05) is 25.5 Å². The second kappa shape index (κ2) is 6.60. The van der Waals surface area contributed by atoms with E-state index in [9.17, 15) is 4.79 Å². The maximum atomic E-state index is 12.3. The van der Waals surface area contributed by atoms with Crippen molar-refractivity contribution < 1.29 is 4.79 Å². The molecule has 3 aromatic rings. The summed E-state index contributed by atoms with van der Waals surface area (Å²) in [6.07, 6.45) is 2.03. The molecule has 0 spiro atoms. The molecule has 3 aromatic heterocycles. The lowest BCUT2D eigenvalue weighted by Crippen LogP contribution is -2.26. The van der Waals surface area contributed by atoms with Crippen LogP contribution in [0.5, 0.6) is 0 Å². The number of amides is 1. The van der Waals surface area contributed by atoms with E-state index in [1.54, 1.807) is 22.7 Å². The summed E-state index contributed by atoms with van der Waals surface area (Å²) in [5, 5.41) is 16.1. The van der Waals surface area contributed by atoms with Gasteiger partial charge in [-0.2, -0.15) is 5.10 Å². The number of carbonyl (C=O) groups excluding carboxylic acids is 1. The normalized spacial score (nSPS) is 11.2. The van der Waals surface area contributed by atoms with Gasteiger partial charge in [0.15, 0.2) is 11.5 Å². The Morgan fingerprint density at radius 3 is 2.79 bits per heavy atom. The van der Waals surface area contributed by atoms with Crippen molar-refractivity contribution in [3.05, 3.63) is 46.1 Å². The summed E-state index contributed by atoms with van der Waals surface area (Å²) in [7, 11) is 0. The van der Waals surface area contributed by atoms with E-state index in [0.29, 0.717) is 29.5 Å². The lowest BCUT2D eigenvalue weighted by molar-refractivity contribution is -0.120. The molecule has 0 atom stereocenters. The molecule has 3 rings (SSSR count). The molecular formula is C16H19ClN6O. The number of aromatic nitrogens is 5. The van der Waals surface area contributed by atoms with Crippen LogP contribution in [0, 0.1) is 13.8 Å². The van der Waals surface area contributed by atoms with Gasteiger partial charge in [0.25, 0.3) is 0 Å². The highest BCUT2D eigenvalue weighted by molar-refractivity contribution is 6.30. The Balaban J connectivity index is 1.69. The molecule has 0 aliphatic rings. The van der Waals surface area contributed by atoms with Crippen molar-refractivity contribution in [2.24, 2.45) is 0 Å². The standard InChI is InChI=1S/C16H19ClN6O/c1-4-23-11(3)13(10(2)21-23)7-16(24)18-8-15-20-19-14-6-5-12(17)9-22(14)15/h5-6,9H,4,7-8H2,1-3H3,(H,18,24). The SMILES string of the molecule is CCn1nc(C)c(CC(=O)NCc2nnc3ccc(Cl)cn23)c1C. The molecule has 3 heterocycles. The number of rotatable bonds is 5. The number of carbonyl (C=O) groups is 1. The smallest absolute Gasteiger partial charge is 0.224 e. The molecule has 0 aliphatic heterocycles. The zero-order valence-corrected chi connectivity index (χ0v) is 14.6. The van der Waals surface area contributed by atoms with E-state index in [1.165, 1.54) is 0 Å². The third-order valence-electron chi connectivity index (χ3n) is 4.05. The van der Waals surface area contributed by atoms with Gasteiger partial charge in [-0.3, -0.25) is 13.9 Å². The summed E-state index contributed by atoms with van der Waals surface area (Å²) >= 11 is 6.00. The fraction of sp³-hybridized carbons (Fsp3) is 0.375. The van der Waals surface area contributed by atoms with Gasteiger partial charge in [-0.05, 0) is 32.9 Å². The first-order chi connectivity index (χ1) is 11.5. The van der Waals surface area contributed by atoms with E-state index >= 15 is 0 Å². The van der Waals surface area contributed by atoms with Crippen molar-refractivity contribution in [3.8, 4) is 0 Å². The van der Waals surface area contributed by atoms with Gasteiger partial charge in [-0.1, -0.05) is 11.6 Å². The lowest BCUT2D eigenvalue weighted by Gasteiger charge is -2.05. The fourth-order valence-corrected chi connectivity index (χ4v) is 2.89. The molecule has 0 radical (unpaired) electrons. The topological polar surface area (TPSA) is 77.1 Å². The highest BCUT2D eigenvalue weighted by Crippen LogP contribution is 2.14. The number of aryl methyl sites for hydroxylation is 2. The molecule has 0 aliphatic carbocycles. The maximum Gasteiger partial charge on any atom is 0.224 e. The van der Waals surface area contributed by atoms with Gasteiger partial charge < -0.3 is 5.32 Å². The van der Waals surface area contributed by atoms with Crippen molar-refractivity contribution in [2.45, 2.75) is 40.3 Å². The van der Waals surface area contributed by atoms with Gasteiger partial charge in [-0.25, -0.2) is 0 Å². The zero-order valence-electron chi connectivity index (χ0n) is 13.9. The van der Waals surface area contributed by atoms with Crippen LogP contribution in [-0.4, -0.2) is 30.3 Å². The van der Waals surface area contributed by atoms with Crippen LogP contribution >= 0.6 is 11.6 Å². The molecule has 0 saturated heterocycles. The molecule has 24 heavy (non-hydrogen) atoms. The molecule has 0 bridgehead atoms. The molecule has 0 aromatic carbocycles. The minimum Gasteiger partial charge on any atom is -0.348 e. The van der Waals surface area contributed by atoms with E-state index < -0.39 is 0 Å². The van der Waals surface area contributed by atoms with Crippen molar-refractivity contribution in [1.82, 2.24) is 29.7 Å². The van der Waals surface area contributed by atoms with Crippen LogP contribution in [0.2, 0.25) is 5.02 Å². The van der Waals surface area contributed by atoms with Crippen LogP contribution in [-0.2, 0) is 24.3 Å². The highest BCUT2D eigenvalue weighted by Gasteiger charge is 2.15. The number of halogens is 1. The monoisotopic (exact) mass is 346 g/mol. The van der Waals surface area contributed by atoms with Gasteiger partial charge in [0.2, 0.25) is 5.91 Å². The second-order valence-electron chi connectivity index (χ2n) is 5.61. The molecule has 1 N–H and O–H groups in total. The van der Waals surface area contributed by atoms with Gasteiger partial charge in [0.1, 0.15) is 0 Å². The largest absolute Gasteiger partial charge is 0.348 e. The van der Waals surface area contributed by atoms with Crippen molar-refractivity contribution in [1.29, 1.82) is 0 Å². The molecule has 8 heteroatoms. The third-order valence-corrected chi connectivity index (χ3v) is 4.27. The molecular weight excluding hydrogens is 328 g/mol. The number of nitrogens with zero attached hydrogens (tertiary/aromatic N) is 5. The van der Waals surface area contributed by atoms with Crippen LogP contribution in [0.15, 0.2) is 18.3 Å². The first-order valence-corrected chi connectivity index (χ1v) is 8.16. The summed E-state index contributed by atoms with van der Waals surface area (Å²) in [5.74, 6) is 0.564. The molecule has 0 unspecified atom stereocenters. The summed E-state index contributed by atoms with van der Waals surface area (Å²) in [6, 6.07) is 3.54. The van der Waals surface area contributed by atoms with E-state index in [0.717, 1.165) is 23.5 Å². The highest BCUT2D eigenvalue weighted by atomic mass is 35.5. The summed E-state index contributed by atoms with van der Waals surface area (Å²) in [5.41, 5.74) is 3.59. The Bertz CT molecular complexity index is 897. The molecule has 1 amide bonds. The molecule has 0 fully saturated rings. The van der Waals surface area contributed by atoms with E-state index in [4.69, 9.17) is 11.6 Å². The number of pyridine rings is 1. The summed E-state index contributed by atoms with van der Waals surface area (Å²) in [4.78, 5) is 12.3. The average molecular weight is 347 g/mol. The van der Waals surface area contributed by atoms with Crippen LogP contribution in [0.4, 0.5) is 0 Å². The zero-order chi connectivity index (χ0) is 17.3. The van der Waals surface area contributed by atoms with Crippen LogP contribution in [0.1, 0.15) is 29.7 Å². The lowest BCUT2D eigenvalue weighted by atomic mass is 10.1. The number of fused-ring (bicyclic) bond motifs is 1. The third kappa shape index (κ3) is 3.12. The second-order valence-corrected chi connectivity index (χ2v) is 6.05. The Kier molecular flexibility index (Phi) is 4.53. The Labute approximate surface area is 144 Å². The first kappa shape index (κ1) is 16.4. The minimum absolute atomic E-state index is 0.0735. The number of nitrogens with one attached hydrogen (secondary N) is 1. The van der Waals surface area contributed by atoms with Crippen molar-refractivity contribution in [2.75, 3.05) is 0 Å². The predicted molar refractivity (Wildman–Crippen MR) is 90.9 cm³/mol. The van der Waals surface area contributed by atoms with Crippen molar-refractivity contribution in [3.63, 3.8) is 0 Å². The molecule has 7 nitrogen and oxygen atoms in total. The van der Waals surface area contributed by atoms with Crippen LogP contribution in [0.3, 0.4) is 0 Å². The quantitative estimate of drug-likeness (QED) is 0.767. The maximum absolute atomic E-state index is 12.3. The average Bonchev–Trinajstić information content (AvgIpc) is 3.08. The van der Waals surface area contributed by atoms with Gasteiger partial charge in [-0.15, -0.1) is 10.2 Å². The van der Waals surface area contributed by atoms with Crippen molar-refractivity contribution >= 4 is 23.2 Å². The Morgan fingerprint density at radius 2 is 2.08 bits per heavy atom. The van der Waals surface area contributed by atoms with Crippen LogP contribution in [0.25, 0.3) is 5.65 Å². The van der Waals surface area contributed by atoms with E-state index in [2.05, 4.69) is 20.6 Å². The summed E-state index contributed by atoms with van der Waals surface area (Å²) < 4.78 is 3.68. The molecule has 126 valence electrons. The van der Waals surface area contributed by atoms with Gasteiger partial charge in [0.05, 0.1) is 23.7 Å². The Hall–Kier alpha value is -2.41. The number of hydrogen-bond donors (Lipinski definition) is 1. The predicted octanol–water partition coefficient (Wildman–Crippen LogP) is 2.07. The van der Waals surface area contributed by atoms with Gasteiger partial charge >= 0.3 is 0 Å². The van der Waals surface area contributed by atoms with Crippen LogP contribution < -0.4 is 5.32 Å².